The minimum absolute atomic E-state index is 0.0333. The van der Waals surface area contributed by atoms with Crippen molar-refractivity contribution in [3.63, 3.8) is 0 Å². The van der Waals surface area contributed by atoms with Gasteiger partial charge in [-0.15, -0.1) is 0 Å². The Balaban J connectivity index is 2.72. The summed E-state index contributed by atoms with van der Waals surface area (Å²) in [7, 11) is 0. The summed E-state index contributed by atoms with van der Waals surface area (Å²) in [5.41, 5.74) is 3.66. The van der Waals surface area contributed by atoms with E-state index in [4.69, 9.17) is 5.11 Å². The van der Waals surface area contributed by atoms with Crippen molar-refractivity contribution in [2.75, 3.05) is 0 Å². The summed E-state index contributed by atoms with van der Waals surface area (Å²) in [5.74, 6) is -0.811. The van der Waals surface area contributed by atoms with E-state index in [1.807, 2.05) is 31.2 Å². The number of fused-ring (bicyclic) bond motifs is 1. The Kier molecular flexibility index (Phi) is 3.31. The van der Waals surface area contributed by atoms with Crippen molar-refractivity contribution in [1.29, 1.82) is 0 Å². The van der Waals surface area contributed by atoms with Crippen LogP contribution in [0, 0.1) is 6.92 Å². The maximum atomic E-state index is 11.0. The molecule has 3 heteroatoms. The summed E-state index contributed by atoms with van der Waals surface area (Å²) in [6.45, 7) is 8.25. The van der Waals surface area contributed by atoms with Crippen molar-refractivity contribution in [3.8, 4) is 0 Å². The van der Waals surface area contributed by atoms with Crippen molar-refractivity contribution in [1.82, 2.24) is 4.98 Å². The van der Waals surface area contributed by atoms with Crippen molar-refractivity contribution in [3.05, 3.63) is 41.1 Å². The van der Waals surface area contributed by atoms with Crippen LogP contribution in [0.25, 0.3) is 10.9 Å². The molecule has 0 unspecified atom stereocenters. The smallest absolute Gasteiger partial charge is 0.307 e. The molecule has 0 spiro atoms. The molecule has 2 rings (SSSR count). The molecule has 0 aliphatic carbocycles. The third-order valence-corrected chi connectivity index (χ3v) is 3.16. The standard InChI is InChI=1S/C16H19NO2/c1-10-5-6-13-12(7-10)11(9-15(18)19)8-14(17-13)16(2,3)4/h5-8H,9H2,1-4H3,(H,18,19). The lowest BCUT2D eigenvalue weighted by Gasteiger charge is -2.20. The molecule has 1 aromatic carbocycles. The second-order valence-electron chi connectivity index (χ2n) is 6.01. The number of hydrogen-bond donors (Lipinski definition) is 1. The maximum absolute atomic E-state index is 11.0. The number of benzene rings is 1. The van der Waals surface area contributed by atoms with Gasteiger partial charge in [-0.1, -0.05) is 32.4 Å². The van der Waals surface area contributed by atoms with E-state index in [0.29, 0.717) is 0 Å². The van der Waals surface area contributed by atoms with Crippen molar-refractivity contribution < 1.29 is 9.90 Å². The second-order valence-corrected chi connectivity index (χ2v) is 6.01. The highest BCUT2D eigenvalue weighted by atomic mass is 16.4. The molecule has 0 saturated heterocycles. The zero-order chi connectivity index (χ0) is 14.2. The van der Waals surface area contributed by atoms with E-state index in [-0.39, 0.29) is 11.8 Å². The molecule has 0 fully saturated rings. The monoisotopic (exact) mass is 257 g/mol. The van der Waals surface area contributed by atoms with Crippen LogP contribution in [0.1, 0.15) is 37.6 Å². The second kappa shape index (κ2) is 4.65. The number of carboxylic acids is 1. The topological polar surface area (TPSA) is 50.2 Å². The van der Waals surface area contributed by atoms with Gasteiger partial charge in [0.05, 0.1) is 11.9 Å². The largest absolute Gasteiger partial charge is 0.481 e. The van der Waals surface area contributed by atoms with E-state index in [1.165, 1.54) is 0 Å². The maximum Gasteiger partial charge on any atom is 0.307 e. The Hall–Kier alpha value is -1.90. The van der Waals surface area contributed by atoms with Crippen LogP contribution in [-0.2, 0) is 16.6 Å². The molecule has 2 aromatic rings. The van der Waals surface area contributed by atoms with E-state index in [9.17, 15) is 4.79 Å². The van der Waals surface area contributed by atoms with E-state index in [2.05, 4.69) is 25.8 Å². The summed E-state index contributed by atoms with van der Waals surface area (Å²) < 4.78 is 0. The van der Waals surface area contributed by atoms with Crippen molar-refractivity contribution >= 4 is 16.9 Å². The molecule has 3 nitrogen and oxygen atoms in total. The third kappa shape index (κ3) is 2.92. The lowest BCUT2D eigenvalue weighted by molar-refractivity contribution is -0.136. The molecule has 0 radical (unpaired) electrons. The number of carbonyl (C=O) groups is 1. The van der Waals surface area contributed by atoms with Gasteiger partial charge in [-0.2, -0.15) is 0 Å². The first-order valence-corrected chi connectivity index (χ1v) is 6.40. The van der Waals surface area contributed by atoms with Crippen LogP contribution in [0.5, 0.6) is 0 Å². The predicted molar refractivity (Wildman–Crippen MR) is 76.5 cm³/mol. The number of pyridine rings is 1. The van der Waals surface area contributed by atoms with Crippen LogP contribution >= 0.6 is 0 Å². The molecule has 0 aliphatic heterocycles. The zero-order valence-electron chi connectivity index (χ0n) is 11.8. The van der Waals surface area contributed by atoms with Gasteiger partial charge < -0.3 is 5.11 Å². The van der Waals surface area contributed by atoms with E-state index < -0.39 is 5.97 Å². The molecule has 19 heavy (non-hydrogen) atoms. The number of aryl methyl sites for hydroxylation is 1. The van der Waals surface area contributed by atoms with Crippen molar-refractivity contribution in [2.24, 2.45) is 0 Å². The van der Waals surface area contributed by atoms with E-state index >= 15 is 0 Å². The van der Waals surface area contributed by atoms with Crippen molar-refractivity contribution in [2.45, 2.75) is 39.5 Å². The van der Waals surface area contributed by atoms with Gasteiger partial charge >= 0.3 is 5.97 Å². The molecule has 0 atom stereocenters. The summed E-state index contributed by atoms with van der Waals surface area (Å²) in [4.78, 5) is 15.7. The number of hydrogen-bond acceptors (Lipinski definition) is 2. The molecule has 1 N–H and O–H groups in total. The summed E-state index contributed by atoms with van der Waals surface area (Å²) >= 11 is 0. The average molecular weight is 257 g/mol. The normalized spacial score (nSPS) is 11.8. The molecule has 0 aliphatic rings. The molecule has 1 heterocycles. The van der Waals surface area contributed by atoms with Crippen LogP contribution in [-0.4, -0.2) is 16.1 Å². The van der Waals surface area contributed by atoms with Crippen LogP contribution in [0.2, 0.25) is 0 Å². The minimum atomic E-state index is -0.811. The van der Waals surface area contributed by atoms with Gasteiger partial charge in [-0.05, 0) is 30.7 Å². The third-order valence-electron chi connectivity index (χ3n) is 3.16. The fraction of sp³-hybridized carbons (Fsp3) is 0.375. The van der Waals surface area contributed by atoms with Crippen LogP contribution in [0.3, 0.4) is 0 Å². The Morgan fingerprint density at radius 2 is 1.95 bits per heavy atom. The van der Waals surface area contributed by atoms with Gasteiger partial charge in [0, 0.05) is 16.5 Å². The first kappa shape index (κ1) is 13.5. The SMILES string of the molecule is Cc1ccc2nc(C(C)(C)C)cc(CC(=O)O)c2c1. The lowest BCUT2D eigenvalue weighted by atomic mass is 9.89. The van der Waals surface area contributed by atoms with Crippen LogP contribution in [0.4, 0.5) is 0 Å². The predicted octanol–water partition coefficient (Wildman–Crippen LogP) is 3.47. The number of aliphatic carboxylic acids is 1. The molecule has 0 saturated carbocycles. The Morgan fingerprint density at radius 1 is 1.26 bits per heavy atom. The van der Waals surface area contributed by atoms with E-state index in [0.717, 1.165) is 27.7 Å². The van der Waals surface area contributed by atoms with Gasteiger partial charge in [0.15, 0.2) is 0 Å². The Morgan fingerprint density at radius 3 is 2.53 bits per heavy atom. The molecule has 0 bridgehead atoms. The number of nitrogens with zero attached hydrogens (tertiary/aromatic N) is 1. The number of aromatic nitrogens is 1. The number of rotatable bonds is 2. The van der Waals surface area contributed by atoms with Gasteiger partial charge in [0.2, 0.25) is 0 Å². The highest BCUT2D eigenvalue weighted by Crippen LogP contribution is 2.27. The summed E-state index contributed by atoms with van der Waals surface area (Å²) in [5, 5.41) is 10.0. The van der Waals surface area contributed by atoms with Gasteiger partial charge in [0.25, 0.3) is 0 Å². The quantitative estimate of drug-likeness (QED) is 0.896. The molecular weight excluding hydrogens is 238 g/mol. The Bertz CT molecular complexity index is 639. The Labute approximate surface area is 113 Å². The molecular formula is C16H19NO2. The lowest BCUT2D eigenvalue weighted by Crippen LogP contribution is -2.15. The first-order valence-electron chi connectivity index (χ1n) is 6.40. The first-order chi connectivity index (χ1) is 8.77. The minimum Gasteiger partial charge on any atom is -0.481 e. The highest BCUT2D eigenvalue weighted by molar-refractivity contribution is 5.86. The zero-order valence-corrected chi connectivity index (χ0v) is 11.8. The van der Waals surface area contributed by atoms with Crippen LogP contribution in [0.15, 0.2) is 24.3 Å². The average Bonchev–Trinajstić information content (AvgIpc) is 2.27. The number of carboxylic acid groups (broad SMARTS) is 1. The van der Waals surface area contributed by atoms with Gasteiger partial charge in [-0.25, -0.2) is 0 Å². The summed E-state index contributed by atoms with van der Waals surface area (Å²) in [6.07, 6.45) is 0.0333. The molecule has 0 amide bonds. The molecule has 1 aromatic heterocycles. The fourth-order valence-electron chi connectivity index (χ4n) is 2.10. The molecule has 100 valence electrons. The van der Waals surface area contributed by atoms with Gasteiger partial charge in [0.1, 0.15) is 0 Å². The van der Waals surface area contributed by atoms with Gasteiger partial charge in [-0.3, -0.25) is 9.78 Å². The fourth-order valence-corrected chi connectivity index (χ4v) is 2.10. The van der Waals surface area contributed by atoms with Crippen LogP contribution < -0.4 is 0 Å². The highest BCUT2D eigenvalue weighted by Gasteiger charge is 2.18. The summed E-state index contributed by atoms with van der Waals surface area (Å²) in [6, 6.07) is 7.90. The van der Waals surface area contributed by atoms with E-state index in [1.54, 1.807) is 0 Å².